The number of benzene rings is 1. The lowest BCUT2D eigenvalue weighted by Crippen LogP contribution is -1.97. The summed E-state index contributed by atoms with van der Waals surface area (Å²) in [5, 5.41) is 4.49. The van der Waals surface area contributed by atoms with E-state index in [1.807, 2.05) is 50.2 Å². The number of hydrogen-bond donors (Lipinski definition) is 0. The number of para-hydroxylation sites is 1. The summed E-state index contributed by atoms with van der Waals surface area (Å²) >= 11 is 0. The van der Waals surface area contributed by atoms with Gasteiger partial charge in [0, 0.05) is 6.20 Å². The quantitative estimate of drug-likeness (QED) is 0.681. The Labute approximate surface area is 116 Å². The molecule has 0 saturated heterocycles. The molecule has 0 bridgehead atoms. The molecule has 0 unspecified atom stereocenters. The zero-order valence-corrected chi connectivity index (χ0v) is 11.3. The maximum atomic E-state index is 11.2. The summed E-state index contributed by atoms with van der Waals surface area (Å²) in [6.07, 6.45) is 2.53. The van der Waals surface area contributed by atoms with E-state index in [0.717, 1.165) is 23.3 Å². The van der Waals surface area contributed by atoms with Gasteiger partial charge in [0.2, 0.25) is 0 Å². The average molecular weight is 266 g/mol. The maximum Gasteiger partial charge on any atom is 0.155 e. The first-order valence-corrected chi connectivity index (χ1v) is 6.36. The second-order valence-electron chi connectivity index (χ2n) is 4.69. The highest BCUT2D eigenvalue weighted by Crippen LogP contribution is 2.25. The zero-order chi connectivity index (χ0) is 14.1. The Kier molecular flexibility index (Phi) is 2.99. The molecule has 3 rings (SSSR count). The SMILES string of the molecule is Cc1ccc(-c2nn(-c3ccccc3C)cc2C=O)o1. The molecule has 2 heterocycles. The van der Waals surface area contributed by atoms with Crippen LogP contribution in [0.25, 0.3) is 17.1 Å². The van der Waals surface area contributed by atoms with Crippen molar-refractivity contribution in [2.24, 2.45) is 0 Å². The van der Waals surface area contributed by atoms with Gasteiger partial charge in [0.1, 0.15) is 11.5 Å². The van der Waals surface area contributed by atoms with Gasteiger partial charge in [-0.3, -0.25) is 4.79 Å². The van der Waals surface area contributed by atoms with Gasteiger partial charge in [-0.1, -0.05) is 18.2 Å². The van der Waals surface area contributed by atoms with Crippen LogP contribution in [0.15, 0.2) is 47.0 Å². The van der Waals surface area contributed by atoms with Crippen molar-refractivity contribution in [3.8, 4) is 17.1 Å². The van der Waals surface area contributed by atoms with Crippen molar-refractivity contribution in [1.29, 1.82) is 0 Å². The van der Waals surface area contributed by atoms with Gasteiger partial charge in [-0.2, -0.15) is 5.10 Å². The summed E-state index contributed by atoms with van der Waals surface area (Å²) in [4.78, 5) is 11.2. The topological polar surface area (TPSA) is 48.0 Å². The van der Waals surface area contributed by atoms with E-state index in [-0.39, 0.29) is 0 Å². The van der Waals surface area contributed by atoms with Crippen LogP contribution < -0.4 is 0 Å². The molecular formula is C16H14N2O2. The Morgan fingerprint density at radius 1 is 1.15 bits per heavy atom. The molecule has 0 saturated carbocycles. The minimum absolute atomic E-state index is 0.516. The Hall–Kier alpha value is -2.62. The fraction of sp³-hybridized carbons (Fsp3) is 0.125. The molecule has 0 aliphatic carbocycles. The summed E-state index contributed by atoms with van der Waals surface area (Å²) in [6.45, 7) is 3.87. The van der Waals surface area contributed by atoms with Gasteiger partial charge < -0.3 is 4.42 Å². The summed E-state index contributed by atoms with van der Waals surface area (Å²) in [5.41, 5.74) is 3.12. The molecule has 0 N–H and O–H groups in total. The predicted molar refractivity (Wildman–Crippen MR) is 76.1 cm³/mol. The van der Waals surface area contributed by atoms with Crippen molar-refractivity contribution < 1.29 is 9.21 Å². The van der Waals surface area contributed by atoms with Gasteiger partial charge in [0.25, 0.3) is 0 Å². The molecular weight excluding hydrogens is 252 g/mol. The molecule has 0 radical (unpaired) electrons. The van der Waals surface area contributed by atoms with E-state index in [1.54, 1.807) is 10.9 Å². The van der Waals surface area contributed by atoms with Crippen LogP contribution in [-0.2, 0) is 0 Å². The minimum atomic E-state index is 0.516. The number of rotatable bonds is 3. The molecule has 2 aromatic heterocycles. The van der Waals surface area contributed by atoms with Gasteiger partial charge in [-0.15, -0.1) is 0 Å². The van der Waals surface area contributed by atoms with Gasteiger partial charge in [-0.25, -0.2) is 4.68 Å². The number of aromatic nitrogens is 2. The third-order valence-corrected chi connectivity index (χ3v) is 3.21. The zero-order valence-electron chi connectivity index (χ0n) is 11.3. The van der Waals surface area contributed by atoms with Crippen LogP contribution in [0, 0.1) is 13.8 Å². The number of aryl methyl sites for hydroxylation is 2. The number of furan rings is 1. The van der Waals surface area contributed by atoms with Crippen molar-refractivity contribution in [1.82, 2.24) is 9.78 Å². The van der Waals surface area contributed by atoms with Crippen LogP contribution in [0.2, 0.25) is 0 Å². The Bertz CT molecular complexity index is 768. The summed E-state index contributed by atoms with van der Waals surface area (Å²) < 4.78 is 7.27. The first-order chi connectivity index (χ1) is 9.69. The molecule has 3 aromatic rings. The van der Waals surface area contributed by atoms with E-state index in [0.29, 0.717) is 17.0 Å². The fourth-order valence-corrected chi connectivity index (χ4v) is 2.17. The number of aldehydes is 1. The lowest BCUT2D eigenvalue weighted by Gasteiger charge is -2.04. The minimum Gasteiger partial charge on any atom is -0.460 e. The van der Waals surface area contributed by atoms with Gasteiger partial charge in [0.05, 0.1) is 11.3 Å². The molecule has 20 heavy (non-hydrogen) atoms. The number of hydrogen-bond acceptors (Lipinski definition) is 3. The molecule has 4 heteroatoms. The molecule has 4 nitrogen and oxygen atoms in total. The fourth-order valence-electron chi connectivity index (χ4n) is 2.17. The first-order valence-electron chi connectivity index (χ1n) is 6.36. The van der Waals surface area contributed by atoms with Crippen molar-refractivity contribution >= 4 is 6.29 Å². The summed E-state index contributed by atoms with van der Waals surface area (Å²) in [5.74, 6) is 1.40. The van der Waals surface area contributed by atoms with Crippen molar-refractivity contribution in [2.45, 2.75) is 13.8 Å². The molecule has 0 amide bonds. The Morgan fingerprint density at radius 2 is 1.95 bits per heavy atom. The van der Waals surface area contributed by atoms with E-state index in [1.165, 1.54) is 0 Å². The van der Waals surface area contributed by atoms with Crippen LogP contribution >= 0.6 is 0 Å². The maximum absolute atomic E-state index is 11.2. The van der Waals surface area contributed by atoms with E-state index < -0.39 is 0 Å². The number of nitrogens with zero attached hydrogens (tertiary/aromatic N) is 2. The monoisotopic (exact) mass is 266 g/mol. The van der Waals surface area contributed by atoms with Crippen LogP contribution in [-0.4, -0.2) is 16.1 Å². The van der Waals surface area contributed by atoms with E-state index in [2.05, 4.69) is 5.10 Å². The summed E-state index contributed by atoms with van der Waals surface area (Å²) in [6, 6.07) is 11.6. The van der Waals surface area contributed by atoms with E-state index in [4.69, 9.17) is 4.42 Å². The smallest absolute Gasteiger partial charge is 0.155 e. The molecule has 0 aliphatic heterocycles. The third kappa shape index (κ3) is 2.05. The van der Waals surface area contributed by atoms with Crippen molar-refractivity contribution in [3.05, 3.63) is 59.5 Å². The standard InChI is InChI=1S/C16H14N2O2/c1-11-5-3-4-6-14(11)18-9-13(10-19)16(17-18)15-8-7-12(2)20-15/h3-10H,1-2H3. The predicted octanol–water partition coefficient (Wildman–Crippen LogP) is 3.56. The second kappa shape index (κ2) is 4.81. The molecule has 100 valence electrons. The summed E-state index contributed by atoms with van der Waals surface area (Å²) in [7, 11) is 0. The van der Waals surface area contributed by atoms with Crippen LogP contribution in [0.4, 0.5) is 0 Å². The molecule has 0 aliphatic rings. The highest BCUT2D eigenvalue weighted by Gasteiger charge is 2.15. The van der Waals surface area contributed by atoms with Crippen LogP contribution in [0.5, 0.6) is 0 Å². The van der Waals surface area contributed by atoms with Crippen molar-refractivity contribution in [3.63, 3.8) is 0 Å². The average Bonchev–Trinajstić information content (AvgIpc) is 3.05. The van der Waals surface area contributed by atoms with Gasteiger partial charge >= 0.3 is 0 Å². The van der Waals surface area contributed by atoms with Crippen molar-refractivity contribution in [2.75, 3.05) is 0 Å². The Balaban J connectivity index is 2.14. The number of carbonyl (C=O) groups excluding carboxylic acids is 1. The molecule has 0 fully saturated rings. The third-order valence-electron chi connectivity index (χ3n) is 3.21. The second-order valence-corrected chi connectivity index (χ2v) is 4.69. The van der Waals surface area contributed by atoms with E-state index >= 15 is 0 Å². The normalized spacial score (nSPS) is 10.7. The molecule has 0 spiro atoms. The number of carbonyl (C=O) groups is 1. The van der Waals surface area contributed by atoms with Crippen LogP contribution in [0.1, 0.15) is 21.7 Å². The molecule has 1 aromatic carbocycles. The molecule has 0 atom stereocenters. The van der Waals surface area contributed by atoms with Gasteiger partial charge in [0.15, 0.2) is 12.0 Å². The van der Waals surface area contributed by atoms with E-state index in [9.17, 15) is 4.79 Å². The first kappa shape index (κ1) is 12.4. The van der Waals surface area contributed by atoms with Gasteiger partial charge in [-0.05, 0) is 37.6 Å². The highest BCUT2D eigenvalue weighted by molar-refractivity contribution is 5.84. The van der Waals surface area contributed by atoms with Crippen LogP contribution in [0.3, 0.4) is 0 Å². The lowest BCUT2D eigenvalue weighted by atomic mass is 10.2. The highest BCUT2D eigenvalue weighted by atomic mass is 16.3. The Morgan fingerprint density at radius 3 is 2.60 bits per heavy atom. The lowest BCUT2D eigenvalue weighted by molar-refractivity contribution is 0.112. The largest absolute Gasteiger partial charge is 0.460 e.